The largest absolute Gasteiger partial charge is 0.484 e. The SMILES string of the molecule is CCCCOCCO/C(C(=O)Nc1cc(C)cc(F)c1)=C(/C=N)N1CC[NH2+]CC1. The van der Waals surface area contributed by atoms with Gasteiger partial charge in [-0.2, -0.15) is 0 Å². The summed E-state index contributed by atoms with van der Waals surface area (Å²) in [6.07, 6.45) is 3.17. The smallest absolute Gasteiger partial charge is 0.293 e. The van der Waals surface area contributed by atoms with Crippen molar-refractivity contribution in [3.05, 3.63) is 41.0 Å². The zero-order valence-electron chi connectivity index (χ0n) is 17.3. The average molecular weight is 408 g/mol. The number of hydrogen-bond donors (Lipinski definition) is 3. The Morgan fingerprint density at radius 3 is 2.69 bits per heavy atom. The summed E-state index contributed by atoms with van der Waals surface area (Å²) in [5, 5.41) is 12.7. The molecule has 1 amide bonds. The third-order valence-electron chi connectivity index (χ3n) is 4.54. The van der Waals surface area contributed by atoms with Gasteiger partial charge in [0, 0.05) is 18.5 Å². The quantitative estimate of drug-likeness (QED) is 0.225. The summed E-state index contributed by atoms with van der Waals surface area (Å²) in [5.41, 5.74) is 1.48. The molecule has 1 saturated heterocycles. The van der Waals surface area contributed by atoms with Gasteiger partial charge in [-0.25, -0.2) is 4.39 Å². The molecule has 8 heteroatoms. The van der Waals surface area contributed by atoms with Gasteiger partial charge in [0.05, 0.1) is 32.8 Å². The first-order chi connectivity index (χ1) is 14.0. The number of carbonyl (C=O) groups is 1. The van der Waals surface area contributed by atoms with Crippen molar-refractivity contribution in [1.29, 1.82) is 5.41 Å². The van der Waals surface area contributed by atoms with Crippen LogP contribution in [0.25, 0.3) is 0 Å². The van der Waals surface area contributed by atoms with Crippen molar-refractivity contribution in [2.75, 3.05) is 51.3 Å². The van der Waals surface area contributed by atoms with Crippen LogP contribution in [0.15, 0.2) is 29.7 Å². The number of benzene rings is 1. The van der Waals surface area contributed by atoms with Gasteiger partial charge in [-0.3, -0.25) is 4.79 Å². The molecule has 1 fully saturated rings. The van der Waals surface area contributed by atoms with Gasteiger partial charge in [0.15, 0.2) is 0 Å². The van der Waals surface area contributed by atoms with Crippen LogP contribution in [0.5, 0.6) is 0 Å². The molecule has 7 nitrogen and oxygen atoms in total. The summed E-state index contributed by atoms with van der Waals surface area (Å²) >= 11 is 0. The predicted molar refractivity (Wildman–Crippen MR) is 110 cm³/mol. The number of hydrogen-bond acceptors (Lipinski definition) is 5. The van der Waals surface area contributed by atoms with E-state index in [2.05, 4.69) is 17.6 Å². The topological polar surface area (TPSA) is 91.3 Å². The van der Waals surface area contributed by atoms with Crippen LogP contribution in [0.1, 0.15) is 25.3 Å². The second-order valence-electron chi connectivity index (χ2n) is 7.00. The molecule has 0 saturated carbocycles. The van der Waals surface area contributed by atoms with Gasteiger partial charge < -0.3 is 30.4 Å². The number of rotatable bonds is 11. The highest BCUT2D eigenvalue weighted by Crippen LogP contribution is 2.17. The molecule has 4 N–H and O–H groups in total. The van der Waals surface area contributed by atoms with E-state index in [4.69, 9.17) is 14.9 Å². The normalized spacial score (nSPS) is 14.9. The van der Waals surface area contributed by atoms with Gasteiger partial charge >= 0.3 is 0 Å². The fraction of sp³-hybridized carbons (Fsp3) is 0.524. The van der Waals surface area contributed by atoms with E-state index in [1.807, 2.05) is 4.90 Å². The summed E-state index contributed by atoms with van der Waals surface area (Å²) in [6.45, 7) is 8.26. The summed E-state index contributed by atoms with van der Waals surface area (Å²) in [6, 6.07) is 4.34. The molecule has 0 aromatic heterocycles. The molecule has 0 radical (unpaired) electrons. The Morgan fingerprint density at radius 1 is 1.28 bits per heavy atom. The number of anilines is 1. The highest BCUT2D eigenvalue weighted by atomic mass is 19.1. The van der Waals surface area contributed by atoms with Crippen LogP contribution in [-0.4, -0.2) is 63.0 Å². The van der Waals surface area contributed by atoms with Crippen LogP contribution in [0, 0.1) is 18.2 Å². The third kappa shape index (κ3) is 7.47. The van der Waals surface area contributed by atoms with Crippen molar-refractivity contribution < 1.29 is 24.0 Å². The van der Waals surface area contributed by atoms with Gasteiger partial charge in [0.1, 0.15) is 18.1 Å². The molecule has 1 heterocycles. The Bertz CT molecular complexity index is 698. The van der Waals surface area contributed by atoms with Gasteiger partial charge in [0.25, 0.3) is 5.91 Å². The lowest BCUT2D eigenvalue weighted by molar-refractivity contribution is -0.662. The van der Waals surface area contributed by atoms with E-state index < -0.39 is 11.7 Å². The number of aryl methyl sites for hydroxylation is 1. The molecule has 2 rings (SSSR count). The number of carbonyl (C=O) groups excluding carboxylic acids is 1. The summed E-state index contributed by atoms with van der Waals surface area (Å²) in [7, 11) is 0. The molecular formula is C21H32FN4O3+. The van der Waals surface area contributed by atoms with Crippen molar-refractivity contribution >= 4 is 17.8 Å². The zero-order valence-corrected chi connectivity index (χ0v) is 17.3. The highest BCUT2D eigenvalue weighted by molar-refractivity contribution is 6.05. The first-order valence-corrected chi connectivity index (χ1v) is 10.2. The maximum Gasteiger partial charge on any atom is 0.293 e. The lowest BCUT2D eigenvalue weighted by Gasteiger charge is -2.29. The molecule has 1 aliphatic heterocycles. The van der Waals surface area contributed by atoms with Crippen molar-refractivity contribution in [2.45, 2.75) is 26.7 Å². The summed E-state index contributed by atoms with van der Waals surface area (Å²) < 4.78 is 25.0. The second-order valence-corrected chi connectivity index (χ2v) is 7.00. The lowest BCUT2D eigenvalue weighted by Crippen LogP contribution is -2.89. The van der Waals surface area contributed by atoms with Crippen molar-refractivity contribution in [3.63, 3.8) is 0 Å². The maximum absolute atomic E-state index is 13.7. The Labute approximate surface area is 171 Å². The number of allylic oxidation sites excluding steroid dienone is 1. The van der Waals surface area contributed by atoms with Crippen molar-refractivity contribution in [3.8, 4) is 0 Å². The highest BCUT2D eigenvalue weighted by Gasteiger charge is 2.23. The van der Waals surface area contributed by atoms with Crippen LogP contribution < -0.4 is 10.6 Å². The number of nitrogens with two attached hydrogens (primary N) is 1. The minimum atomic E-state index is -0.503. The number of amides is 1. The summed E-state index contributed by atoms with van der Waals surface area (Å²) in [5.74, 6) is -0.866. The molecule has 1 aliphatic rings. The Morgan fingerprint density at radius 2 is 2.03 bits per heavy atom. The van der Waals surface area contributed by atoms with E-state index in [0.717, 1.165) is 45.2 Å². The fourth-order valence-electron chi connectivity index (χ4n) is 3.10. The number of nitrogens with zero attached hydrogens (tertiary/aromatic N) is 1. The number of halogens is 1. The number of ether oxygens (including phenoxy) is 2. The van der Waals surface area contributed by atoms with Crippen LogP contribution >= 0.6 is 0 Å². The standard InChI is InChI=1S/C21H31FN4O3/c1-3-4-9-28-10-11-29-20(19(15-23)26-7-5-24-6-8-26)21(27)25-18-13-16(2)12-17(22)14-18/h12-15,23-24H,3-11H2,1-2H3,(H,25,27)/p+1/b20-19-,23-15?. The molecule has 0 atom stereocenters. The number of quaternary nitrogens is 1. The molecule has 160 valence electrons. The van der Waals surface area contributed by atoms with E-state index in [1.165, 1.54) is 12.1 Å². The maximum atomic E-state index is 13.7. The Balaban J connectivity index is 2.16. The second kappa shape index (κ2) is 12.2. The van der Waals surface area contributed by atoms with E-state index >= 15 is 0 Å². The van der Waals surface area contributed by atoms with E-state index in [9.17, 15) is 9.18 Å². The molecule has 0 spiro atoms. The van der Waals surface area contributed by atoms with Crippen LogP contribution in [-0.2, 0) is 14.3 Å². The van der Waals surface area contributed by atoms with E-state index in [0.29, 0.717) is 30.2 Å². The number of piperazine rings is 1. The zero-order chi connectivity index (χ0) is 21.1. The van der Waals surface area contributed by atoms with Gasteiger partial charge in [-0.1, -0.05) is 13.3 Å². The minimum absolute atomic E-state index is 0.0582. The van der Waals surface area contributed by atoms with Crippen LogP contribution in [0.3, 0.4) is 0 Å². The Hall–Kier alpha value is -2.45. The molecule has 1 aromatic carbocycles. The Kier molecular flexibility index (Phi) is 9.59. The third-order valence-corrected chi connectivity index (χ3v) is 4.54. The minimum Gasteiger partial charge on any atom is -0.484 e. The fourth-order valence-corrected chi connectivity index (χ4v) is 3.10. The van der Waals surface area contributed by atoms with Gasteiger partial charge in [-0.15, -0.1) is 0 Å². The number of unbranched alkanes of at least 4 members (excludes halogenated alkanes) is 1. The van der Waals surface area contributed by atoms with E-state index in [1.54, 1.807) is 13.0 Å². The van der Waals surface area contributed by atoms with Crippen LogP contribution in [0.4, 0.5) is 10.1 Å². The van der Waals surface area contributed by atoms with Crippen molar-refractivity contribution in [1.82, 2.24) is 4.90 Å². The first kappa shape index (κ1) is 22.8. The van der Waals surface area contributed by atoms with Gasteiger partial charge in [0.2, 0.25) is 5.76 Å². The molecule has 0 bridgehead atoms. The molecular weight excluding hydrogens is 375 g/mol. The molecule has 29 heavy (non-hydrogen) atoms. The van der Waals surface area contributed by atoms with Gasteiger partial charge in [-0.05, 0) is 37.1 Å². The number of nitrogens with one attached hydrogen (secondary N) is 2. The summed E-state index contributed by atoms with van der Waals surface area (Å²) in [4.78, 5) is 14.9. The average Bonchev–Trinajstić information content (AvgIpc) is 2.69. The van der Waals surface area contributed by atoms with Crippen LogP contribution in [0.2, 0.25) is 0 Å². The van der Waals surface area contributed by atoms with E-state index in [-0.39, 0.29) is 12.4 Å². The van der Waals surface area contributed by atoms with Crippen molar-refractivity contribution in [2.24, 2.45) is 0 Å². The monoisotopic (exact) mass is 407 g/mol. The predicted octanol–water partition coefficient (Wildman–Crippen LogP) is 1.65. The lowest BCUT2D eigenvalue weighted by atomic mass is 10.2. The molecule has 0 aliphatic carbocycles. The molecule has 0 unspecified atom stereocenters. The first-order valence-electron chi connectivity index (χ1n) is 10.2. The molecule has 1 aromatic rings.